The first-order valence-corrected chi connectivity index (χ1v) is 5.74. The van der Waals surface area contributed by atoms with Crippen LogP contribution in [0, 0.1) is 21.4 Å². The van der Waals surface area contributed by atoms with E-state index in [1.807, 2.05) is 6.07 Å². The summed E-state index contributed by atoms with van der Waals surface area (Å²) >= 11 is 0. The van der Waals surface area contributed by atoms with E-state index >= 15 is 0 Å². The normalized spacial score (nSPS) is 9.48. The van der Waals surface area contributed by atoms with Crippen LogP contribution < -0.4 is 10.1 Å². The van der Waals surface area contributed by atoms with Gasteiger partial charge >= 0.3 is 11.7 Å². The number of carbonyl (C=O) groups is 2. The molecule has 0 spiro atoms. The van der Waals surface area contributed by atoms with E-state index in [0.29, 0.717) is 0 Å². The Kier molecular flexibility index (Phi) is 5.64. The molecule has 0 atom stereocenters. The Morgan fingerprint density at radius 2 is 2.19 bits per heavy atom. The highest BCUT2D eigenvalue weighted by atomic mass is 16.6. The van der Waals surface area contributed by atoms with Gasteiger partial charge in [0, 0.05) is 12.6 Å². The molecule has 0 aliphatic heterocycles. The quantitative estimate of drug-likeness (QED) is 0.428. The van der Waals surface area contributed by atoms with E-state index in [2.05, 4.69) is 5.32 Å². The van der Waals surface area contributed by atoms with E-state index in [9.17, 15) is 19.7 Å². The van der Waals surface area contributed by atoms with Gasteiger partial charge in [-0.15, -0.1) is 0 Å². The molecule has 110 valence electrons. The van der Waals surface area contributed by atoms with Gasteiger partial charge in [0.1, 0.15) is 5.56 Å². The smallest absolute Gasteiger partial charge is 0.339 e. The molecule has 21 heavy (non-hydrogen) atoms. The Balaban J connectivity index is 2.86. The molecule has 0 aliphatic rings. The van der Waals surface area contributed by atoms with Crippen molar-refractivity contribution < 1.29 is 24.4 Å². The van der Waals surface area contributed by atoms with Gasteiger partial charge in [0.2, 0.25) is 5.75 Å². The highest BCUT2D eigenvalue weighted by Gasteiger charge is 2.23. The monoisotopic (exact) mass is 293 g/mol. The first-order chi connectivity index (χ1) is 9.97. The predicted molar refractivity (Wildman–Crippen MR) is 68.8 cm³/mol. The minimum atomic E-state index is -1.40. The summed E-state index contributed by atoms with van der Waals surface area (Å²) in [5.74, 6) is -2.50. The van der Waals surface area contributed by atoms with Crippen LogP contribution in [0.25, 0.3) is 0 Å². The van der Waals surface area contributed by atoms with E-state index < -0.39 is 40.4 Å². The fraction of sp³-hybridized carbons (Fsp3) is 0.250. The zero-order valence-electron chi connectivity index (χ0n) is 10.7. The van der Waals surface area contributed by atoms with Crippen LogP contribution >= 0.6 is 0 Å². The number of benzene rings is 1. The number of carboxylic acid groups (broad SMARTS) is 1. The van der Waals surface area contributed by atoms with Crippen molar-refractivity contribution in [2.24, 2.45) is 0 Å². The van der Waals surface area contributed by atoms with Gasteiger partial charge in [-0.25, -0.2) is 4.79 Å². The van der Waals surface area contributed by atoms with Gasteiger partial charge in [0.05, 0.1) is 17.4 Å². The van der Waals surface area contributed by atoms with E-state index in [-0.39, 0.29) is 13.0 Å². The van der Waals surface area contributed by atoms with Crippen molar-refractivity contribution in [3.8, 4) is 11.8 Å². The lowest BCUT2D eigenvalue weighted by molar-refractivity contribution is -0.385. The molecule has 0 aromatic heterocycles. The van der Waals surface area contributed by atoms with Crippen molar-refractivity contribution >= 4 is 17.6 Å². The number of nitro groups is 1. The molecule has 0 fully saturated rings. The van der Waals surface area contributed by atoms with Crippen molar-refractivity contribution in [2.75, 3.05) is 13.2 Å². The molecule has 1 amide bonds. The molecular formula is C12H11N3O6. The molecule has 1 aromatic carbocycles. The van der Waals surface area contributed by atoms with Crippen LogP contribution in [-0.4, -0.2) is 35.1 Å². The minimum Gasteiger partial charge on any atom is -0.478 e. The highest BCUT2D eigenvalue weighted by molar-refractivity contribution is 5.92. The third-order valence-electron chi connectivity index (χ3n) is 2.33. The second-order valence-corrected chi connectivity index (χ2v) is 3.76. The first kappa shape index (κ1) is 15.9. The molecule has 0 unspecified atom stereocenters. The van der Waals surface area contributed by atoms with Gasteiger partial charge < -0.3 is 15.2 Å². The molecule has 0 saturated heterocycles. The van der Waals surface area contributed by atoms with Gasteiger partial charge in [0.15, 0.2) is 6.61 Å². The molecule has 2 N–H and O–H groups in total. The number of para-hydroxylation sites is 1. The summed E-state index contributed by atoms with van der Waals surface area (Å²) in [6, 6.07) is 5.25. The van der Waals surface area contributed by atoms with Crippen molar-refractivity contribution in [3.05, 3.63) is 33.9 Å². The average Bonchev–Trinajstić information content (AvgIpc) is 2.44. The molecule has 0 aliphatic carbocycles. The fourth-order valence-corrected chi connectivity index (χ4v) is 1.44. The van der Waals surface area contributed by atoms with Crippen LogP contribution in [0.15, 0.2) is 18.2 Å². The van der Waals surface area contributed by atoms with Crippen molar-refractivity contribution in [1.29, 1.82) is 5.26 Å². The first-order valence-electron chi connectivity index (χ1n) is 5.74. The van der Waals surface area contributed by atoms with Crippen LogP contribution in [-0.2, 0) is 4.79 Å². The van der Waals surface area contributed by atoms with Crippen LogP contribution in [0.5, 0.6) is 5.75 Å². The van der Waals surface area contributed by atoms with Gasteiger partial charge in [-0.3, -0.25) is 14.9 Å². The predicted octanol–water partition coefficient (Wildman–Crippen LogP) is 0.702. The van der Waals surface area contributed by atoms with E-state index in [0.717, 1.165) is 12.1 Å². The number of carboxylic acids is 1. The molecular weight excluding hydrogens is 282 g/mol. The topological polar surface area (TPSA) is 143 Å². The second kappa shape index (κ2) is 7.44. The third kappa shape index (κ3) is 4.46. The number of nitro benzene ring substituents is 1. The highest BCUT2D eigenvalue weighted by Crippen LogP contribution is 2.30. The van der Waals surface area contributed by atoms with E-state index in [4.69, 9.17) is 15.1 Å². The number of amides is 1. The maximum absolute atomic E-state index is 11.4. The van der Waals surface area contributed by atoms with Crippen LogP contribution in [0.3, 0.4) is 0 Å². The Labute approximate surface area is 118 Å². The van der Waals surface area contributed by atoms with Gasteiger partial charge in [0.25, 0.3) is 5.91 Å². The lowest BCUT2D eigenvalue weighted by Crippen LogP contribution is -2.29. The fourth-order valence-electron chi connectivity index (χ4n) is 1.44. The molecule has 0 heterocycles. The van der Waals surface area contributed by atoms with Gasteiger partial charge in [-0.1, -0.05) is 6.07 Å². The zero-order valence-corrected chi connectivity index (χ0v) is 10.7. The average molecular weight is 293 g/mol. The Morgan fingerprint density at radius 3 is 2.76 bits per heavy atom. The molecule has 9 heteroatoms. The summed E-state index contributed by atoms with van der Waals surface area (Å²) in [6.07, 6.45) is 0.109. The number of nitrogens with one attached hydrogen (secondary N) is 1. The number of nitrogens with zero attached hydrogens (tertiary/aromatic N) is 2. The minimum absolute atomic E-state index is 0.109. The van der Waals surface area contributed by atoms with E-state index in [1.54, 1.807) is 0 Å². The standard InChI is InChI=1S/C12H11N3O6/c13-5-2-6-14-10(16)7-21-11-8(12(17)18)3-1-4-9(11)15(19)20/h1,3-4H,2,6-7H2,(H,14,16)(H,17,18). The Hall–Kier alpha value is -3.15. The SMILES string of the molecule is N#CCCNC(=O)COc1c(C(=O)O)cccc1[N+](=O)[O-]. The van der Waals surface area contributed by atoms with Crippen molar-refractivity contribution in [2.45, 2.75) is 6.42 Å². The summed E-state index contributed by atoms with van der Waals surface area (Å²) in [5, 5.41) is 30.5. The van der Waals surface area contributed by atoms with Crippen molar-refractivity contribution in [3.63, 3.8) is 0 Å². The molecule has 0 radical (unpaired) electrons. The largest absolute Gasteiger partial charge is 0.478 e. The summed E-state index contributed by atoms with van der Waals surface area (Å²) < 4.78 is 4.97. The maximum Gasteiger partial charge on any atom is 0.339 e. The van der Waals surface area contributed by atoms with Crippen LogP contribution in [0.2, 0.25) is 0 Å². The molecule has 9 nitrogen and oxygen atoms in total. The van der Waals surface area contributed by atoms with Crippen molar-refractivity contribution in [1.82, 2.24) is 5.32 Å². The van der Waals surface area contributed by atoms with Crippen LogP contribution in [0.4, 0.5) is 5.69 Å². The third-order valence-corrected chi connectivity index (χ3v) is 2.33. The number of hydrogen-bond donors (Lipinski definition) is 2. The number of rotatable bonds is 7. The second-order valence-electron chi connectivity index (χ2n) is 3.76. The summed E-state index contributed by atoms with van der Waals surface area (Å²) in [4.78, 5) is 32.5. The number of hydrogen-bond acceptors (Lipinski definition) is 6. The Morgan fingerprint density at radius 1 is 1.48 bits per heavy atom. The summed E-state index contributed by atoms with van der Waals surface area (Å²) in [5.41, 5.74) is -0.950. The number of aromatic carboxylic acids is 1. The van der Waals surface area contributed by atoms with E-state index in [1.165, 1.54) is 6.07 Å². The Bertz CT molecular complexity index is 575. The molecule has 0 bridgehead atoms. The number of nitriles is 1. The molecule has 0 saturated carbocycles. The summed E-state index contributed by atoms with van der Waals surface area (Å²) in [6.45, 7) is -0.474. The van der Waals surface area contributed by atoms with Gasteiger partial charge in [-0.2, -0.15) is 5.26 Å². The molecule has 1 rings (SSSR count). The maximum atomic E-state index is 11.4. The van der Waals surface area contributed by atoms with Crippen LogP contribution in [0.1, 0.15) is 16.8 Å². The lowest BCUT2D eigenvalue weighted by Gasteiger charge is -2.09. The number of ether oxygens (including phenoxy) is 1. The lowest BCUT2D eigenvalue weighted by atomic mass is 10.2. The summed E-state index contributed by atoms with van der Waals surface area (Å²) in [7, 11) is 0. The number of carbonyl (C=O) groups excluding carboxylic acids is 1. The van der Waals surface area contributed by atoms with Gasteiger partial charge in [-0.05, 0) is 6.07 Å². The molecule has 1 aromatic rings. The zero-order chi connectivity index (χ0) is 15.8.